The molecule has 3 heterocycles. The molecule has 0 aliphatic carbocycles. The van der Waals surface area contributed by atoms with Gasteiger partial charge in [0.25, 0.3) is 0 Å². The van der Waals surface area contributed by atoms with Crippen molar-refractivity contribution >= 4 is 17.4 Å². The Labute approximate surface area is 174 Å². The second kappa shape index (κ2) is 8.79. The van der Waals surface area contributed by atoms with Crippen LogP contribution in [0.1, 0.15) is 36.4 Å². The Kier molecular flexibility index (Phi) is 5.94. The highest BCUT2D eigenvalue weighted by Crippen LogP contribution is 2.23. The summed E-state index contributed by atoms with van der Waals surface area (Å²) in [6.07, 6.45) is 1.03. The number of fused-ring (bicyclic) bond motifs is 1. The van der Waals surface area contributed by atoms with Crippen LogP contribution in [0.3, 0.4) is 0 Å². The van der Waals surface area contributed by atoms with Crippen LogP contribution in [0.5, 0.6) is 0 Å². The van der Waals surface area contributed by atoms with Crippen molar-refractivity contribution in [3.63, 3.8) is 0 Å². The Bertz CT molecular complexity index is 1060. The van der Waals surface area contributed by atoms with Crippen LogP contribution >= 0.6 is 0 Å². The van der Waals surface area contributed by atoms with Gasteiger partial charge < -0.3 is 14.4 Å². The van der Waals surface area contributed by atoms with E-state index in [2.05, 4.69) is 9.88 Å². The molecule has 0 radical (unpaired) electrons. The molecule has 0 bridgehead atoms. The zero-order valence-electron chi connectivity index (χ0n) is 17.2. The number of rotatable bonds is 6. The average molecular weight is 412 g/mol. The summed E-state index contributed by atoms with van der Waals surface area (Å²) in [5, 5.41) is 4.81. The predicted molar refractivity (Wildman–Crippen MR) is 110 cm³/mol. The van der Waals surface area contributed by atoms with E-state index in [9.17, 15) is 9.18 Å². The van der Waals surface area contributed by atoms with Gasteiger partial charge in [-0.15, -0.1) is 5.10 Å². The number of imidazole rings is 1. The molecule has 158 valence electrons. The Hall–Kier alpha value is -3.00. The molecule has 1 saturated heterocycles. The third-order valence-corrected chi connectivity index (χ3v) is 5.31. The standard InChI is InChI=1S/C22H25FN4O3/c1-3-17-16(5-4-6-18(17)23)13-20-19(14-30-15(2)28)24-21-7-8-22(25-27(20)21)26-9-11-29-12-10-26/h4-8H,3,9-14H2,1-2H3. The number of nitrogens with zero attached hydrogens (tertiary/aromatic N) is 4. The van der Waals surface area contributed by atoms with E-state index < -0.39 is 0 Å². The number of hydrogen-bond acceptors (Lipinski definition) is 6. The first kappa shape index (κ1) is 20.3. The molecule has 1 aliphatic heterocycles. The Balaban J connectivity index is 1.78. The van der Waals surface area contributed by atoms with E-state index in [1.165, 1.54) is 13.0 Å². The maximum atomic E-state index is 14.3. The van der Waals surface area contributed by atoms with Crippen LogP contribution in [-0.2, 0) is 33.7 Å². The zero-order valence-corrected chi connectivity index (χ0v) is 17.2. The van der Waals surface area contributed by atoms with Crippen LogP contribution < -0.4 is 4.90 Å². The summed E-state index contributed by atoms with van der Waals surface area (Å²) in [6, 6.07) is 8.96. The third kappa shape index (κ3) is 4.14. The van der Waals surface area contributed by atoms with E-state index in [0.29, 0.717) is 43.0 Å². The van der Waals surface area contributed by atoms with Crippen LogP contribution in [0, 0.1) is 5.82 Å². The second-order valence-corrected chi connectivity index (χ2v) is 7.25. The van der Waals surface area contributed by atoms with Gasteiger partial charge in [0, 0.05) is 26.4 Å². The van der Waals surface area contributed by atoms with Gasteiger partial charge in [-0.05, 0) is 35.7 Å². The van der Waals surface area contributed by atoms with Crippen molar-refractivity contribution in [2.45, 2.75) is 33.3 Å². The Morgan fingerprint density at radius 3 is 2.77 bits per heavy atom. The number of carbonyl (C=O) groups excluding carboxylic acids is 1. The first-order chi connectivity index (χ1) is 14.6. The van der Waals surface area contributed by atoms with Gasteiger partial charge in [-0.3, -0.25) is 4.79 Å². The number of ether oxygens (including phenoxy) is 2. The zero-order chi connectivity index (χ0) is 21.1. The maximum Gasteiger partial charge on any atom is 0.303 e. The smallest absolute Gasteiger partial charge is 0.303 e. The summed E-state index contributed by atoms with van der Waals surface area (Å²) in [4.78, 5) is 18.2. The lowest BCUT2D eigenvalue weighted by Gasteiger charge is -2.27. The molecule has 0 N–H and O–H groups in total. The van der Waals surface area contributed by atoms with Crippen molar-refractivity contribution in [3.8, 4) is 0 Å². The third-order valence-electron chi connectivity index (χ3n) is 5.31. The SMILES string of the molecule is CCc1c(F)cccc1Cc1c(COC(C)=O)nc2ccc(N3CCOCC3)nn12. The lowest BCUT2D eigenvalue weighted by molar-refractivity contribution is -0.142. The van der Waals surface area contributed by atoms with E-state index in [4.69, 9.17) is 14.6 Å². The van der Waals surface area contributed by atoms with Gasteiger partial charge in [0.1, 0.15) is 23.9 Å². The normalized spacial score (nSPS) is 14.3. The average Bonchev–Trinajstić information content (AvgIpc) is 3.10. The topological polar surface area (TPSA) is 69.0 Å². The number of halogens is 1. The summed E-state index contributed by atoms with van der Waals surface area (Å²) < 4.78 is 26.8. The molecule has 3 aromatic rings. The highest BCUT2D eigenvalue weighted by Gasteiger charge is 2.19. The van der Waals surface area contributed by atoms with E-state index in [0.717, 1.165) is 30.2 Å². The quantitative estimate of drug-likeness (QED) is 0.580. The first-order valence-electron chi connectivity index (χ1n) is 10.2. The highest BCUT2D eigenvalue weighted by atomic mass is 19.1. The maximum absolute atomic E-state index is 14.3. The van der Waals surface area contributed by atoms with Crippen molar-refractivity contribution in [1.82, 2.24) is 14.6 Å². The highest BCUT2D eigenvalue weighted by molar-refractivity contribution is 5.66. The Morgan fingerprint density at radius 2 is 2.03 bits per heavy atom. The molecule has 30 heavy (non-hydrogen) atoms. The molecule has 1 aromatic carbocycles. The summed E-state index contributed by atoms with van der Waals surface area (Å²) >= 11 is 0. The summed E-state index contributed by atoms with van der Waals surface area (Å²) in [5.41, 5.74) is 3.64. The van der Waals surface area contributed by atoms with Gasteiger partial charge in [-0.1, -0.05) is 19.1 Å². The number of esters is 1. The fourth-order valence-corrected chi connectivity index (χ4v) is 3.78. The molecule has 0 spiro atoms. The molecular weight excluding hydrogens is 387 g/mol. The molecule has 0 unspecified atom stereocenters. The van der Waals surface area contributed by atoms with Gasteiger partial charge in [0.15, 0.2) is 5.65 Å². The number of aromatic nitrogens is 3. The lowest BCUT2D eigenvalue weighted by atomic mass is 10.00. The molecular formula is C22H25FN4O3. The molecule has 2 aromatic heterocycles. The van der Waals surface area contributed by atoms with Crippen LogP contribution in [0.25, 0.3) is 5.65 Å². The monoisotopic (exact) mass is 412 g/mol. The van der Waals surface area contributed by atoms with Crippen molar-refractivity contribution in [3.05, 3.63) is 58.7 Å². The molecule has 1 fully saturated rings. The number of morpholine rings is 1. The minimum atomic E-state index is -0.375. The molecule has 4 rings (SSSR count). The molecule has 8 heteroatoms. The lowest BCUT2D eigenvalue weighted by Crippen LogP contribution is -2.37. The van der Waals surface area contributed by atoms with Crippen molar-refractivity contribution in [2.75, 3.05) is 31.2 Å². The first-order valence-corrected chi connectivity index (χ1v) is 10.2. The fourth-order valence-electron chi connectivity index (χ4n) is 3.78. The van der Waals surface area contributed by atoms with Gasteiger partial charge >= 0.3 is 5.97 Å². The number of anilines is 1. The van der Waals surface area contributed by atoms with Crippen LogP contribution in [-0.4, -0.2) is 46.9 Å². The molecule has 1 aliphatic rings. The molecule has 0 atom stereocenters. The van der Waals surface area contributed by atoms with Gasteiger partial charge in [-0.2, -0.15) is 0 Å². The van der Waals surface area contributed by atoms with Gasteiger partial charge in [0.05, 0.1) is 18.9 Å². The number of carbonyl (C=O) groups is 1. The van der Waals surface area contributed by atoms with E-state index >= 15 is 0 Å². The summed E-state index contributed by atoms with van der Waals surface area (Å²) in [6.45, 7) is 6.23. The van der Waals surface area contributed by atoms with Crippen molar-refractivity contribution in [1.29, 1.82) is 0 Å². The largest absolute Gasteiger partial charge is 0.459 e. The van der Waals surface area contributed by atoms with Crippen LogP contribution in [0.15, 0.2) is 30.3 Å². The molecule has 0 amide bonds. The predicted octanol–water partition coefficient (Wildman–Crippen LogP) is 2.92. The van der Waals surface area contributed by atoms with Crippen molar-refractivity contribution < 1.29 is 18.7 Å². The van der Waals surface area contributed by atoms with Gasteiger partial charge in [0.2, 0.25) is 0 Å². The van der Waals surface area contributed by atoms with Crippen LogP contribution in [0.4, 0.5) is 10.2 Å². The Morgan fingerprint density at radius 1 is 1.23 bits per heavy atom. The van der Waals surface area contributed by atoms with E-state index in [-0.39, 0.29) is 18.4 Å². The minimum Gasteiger partial charge on any atom is -0.459 e. The second-order valence-electron chi connectivity index (χ2n) is 7.25. The molecule has 7 nitrogen and oxygen atoms in total. The summed E-state index contributed by atoms with van der Waals surface area (Å²) in [5.74, 6) is 0.241. The number of benzene rings is 1. The minimum absolute atomic E-state index is 0.0533. The molecule has 0 saturated carbocycles. The number of hydrogen-bond donors (Lipinski definition) is 0. The van der Waals surface area contributed by atoms with Gasteiger partial charge in [-0.25, -0.2) is 13.9 Å². The van der Waals surface area contributed by atoms with Crippen molar-refractivity contribution in [2.24, 2.45) is 0 Å². The van der Waals surface area contributed by atoms with E-state index in [1.807, 2.05) is 25.1 Å². The fraction of sp³-hybridized carbons (Fsp3) is 0.409. The van der Waals surface area contributed by atoms with Crippen LogP contribution in [0.2, 0.25) is 0 Å². The summed E-state index contributed by atoms with van der Waals surface area (Å²) in [7, 11) is 0. The van der Waals surface area contributed by atoms with E-state index in [1.54, 1.807) is 10.6 Å².